The Kier molecular flexibility index (Phi) is 3.37. The second kappa shape index (κ2) is 5.35. The number of imide groups is 1. The first-order valence-corrected chi connectivity index (χ1v) is 6.49. The highest BCUT2D eigenvalue weighted by molar-refractivity contribution is 6.07. The fourth-order valence-electron chi connectivity index (χ4n) is 2.15. The van der Waals surface area contributed by atoms with Crippen molar-refractivity contribution in [2.24, 2.45) is 0 Å². The number of anilines is 2. The molecule has 0 aromatic heterocycles. The van der Waals surface area contributed by atoms with Crippen LogP contribution in [0, 0.1) is 0 Å². The van der Waals surface area contributed by atoms with E-state index in [1.54, 1.807) is 18.2 Å². The van der Waals surface area contributed by atoms with E-state index in [0.717, 1.165) is 0 Å². The lowest BCUT2D eigenvalue weighted by atomic mass is 10.2. The number of nitrogens with one attached hydrogen (secondary N) is 4. The molecule has 0 radical (unpaired) electrons. The minimum Gasteiger partial charge on any atom is -0.482 e. The van der Waals surface area contributed by atoms with Gasteiger partial charge in [0.15, 0.2) is 6.61 Å². The van der Waals surface area contributed by atoms with Gasteiger partial charge in [-0.15, -0.1) is 0 Å². The Morgan fingerprint density at radius 2 is 2.09 bits per heavy atom. The standard InChI is InChI=1S/C13H12N4O5/c18-10(4-8-12(20)17-13(21)16-8)14-6-1-2-7-9(3-6)22-5-11(19)15-7/h1-3,8H,4-5H2,(H,14,18)(H,15,19)(H2,16,17,20,21). The lowest BCUT2D eigenvalue weighted by Gasteiger charge is -2.18. The Morgan fingerprint density at radius 3 is 2.82 bits per heavy atom. The van der Waals surface area contributed by atoms with E-state index >= 15 is 0 Å². The fraction of sp³-hybridized carbons (Fsp3) is 0.231. The largest absolute Gasteiger partial charge is 0.482 e. The van der Waals surface area contributed by atoms with Gasteiger partial charge < -0.3 is 20.7 Å². The molecule has 2 aliphatic heterocycles. The van der Waals surface area contributed by atoms with Gasteiger partial charge in [-0.25, -0.2) is 4.79 Å². The van der Waals surface area contributed by atoms with E-state index in [1.807, 2.05) is 0 Å². The van der Waals surface area contributed by atoms with Crippen LogP contribution in [0.5, 0.6) is 5.75 Å². The summed E-state index contributed by atoms with van der Waals surface area (Å²) in [5.74, 6) is -0.754. The van der Waals surface area contributed by atoms with Crippen molar-refractivity contribution in [1.82, 2.24) is 10.6 Å². The van der Waals surface area contributed by atoms with E-state index in [9.17, 15) is 19.2 Å². The first-order valence-electron chi connectivity index (χ1n) is 6.49. The van der Waals surface area contributed by atoms with Gasteiger partial charge in [-0.05, 0) is 12.1 Å². The van der Waals surface area contributed by atoms with E-state index in [-0.39, 0.29) is 18.9 Å². The van der Waals surface area contributed by atoms with Crippen LogP contribution in [0.15, 0.2) is 18.2 Å². The molecular formula is C13H12N4O5. The zero-order valence-corrected chi connectivity index (χ0v) is 11.3. The third-order valence-electron chi connectivity index (χ3n) is 3.15. The molecule has 3 rings (SSSR count). The van der Waals surface area contributed by atoms with E-state index in [0.29, 0.717) is 17.1 Å². The van der Waals surface area contributed by atoms with Crippen molar-refractivity contribution in [3.63, 3.8) is 0 Å². The highest BCUT2D eigenvalue weighted by Gasteiger charge is 2.31. The lowest BCUT2D eigenvalue weighted by molar-refractivity contribution is -0.124. The molecule has 1 aromatic rings. The van der Waals surface area contributed by atoms with Gasteiger partial charge in [0, 0.05) is 11.8 Å². The molecule has 1 atom stereocenters. The molecule has 9 heteroatoms. The Morgan fingerprint density at radius 1 is 1.27 bits per heavy atom. The quantitative estimate of drug-likeness (QED) is 0.563. The highest BCUT2D eigenvalue weighted by atomic mass is 16.5. The molecule has 5 amide bonds. The number of hydrogen-bond acceptors (Lipinski definition) is 5. The number of carbonyl (C=O) groups excluding carboxylic acids is 4. The highest BCUT2D eigenvalue weighted by Crippen LogP contribution is 2.30. The van der Waals surface area contributed by atoms with E-state index < -0.39 is 23.9 Å². The maximum absolute atomic E-state index is 11.9. The normalized spacial score (nSPS) is 19.5. The van der Waals surface area contributed by atoms with Crippen LogP contribution in [0.1, 0.15) is 6.42 Å². The SMILES string of the molecule is O=C(CC1NC(=O)NC1=O)Nc1ccc2c(c1)OCC(=O)N2. The number of benzene rings is 1. The molecule has 4 N–H and O–H groups in total. The van der Waals surface area contributed by atoms with Crippen molar-refractivity contribution in [3.05, 3.63) is 18.2 Å². The second-order valence-corrected chi connectivity index (χ2v) is 4.82. The number of hydrogen-bond donors (Lipinski definition) is 4. The predicted molar refractivity (Wildman–Crippen MR) is 74.3 cm³/mol. The molecule has 1 unspecified atom stereocenters. The lowest BCUT2D eigenvalue weighted by Crippen LogP contribution is -2.33. The summed E-state index contributed by atoms with van der Waals surface area (Å²) in [7, 11) is 0. The summed E-state index contributed by atoms with van der Waals surface area (Å²) in [5.41, 5.74) is 0.987. The second-order valence-electron chi connectivity index (χ2n) is 4.82. The van der Waals surface area contributed by atoms with Crippen LogP contribution in [-0.4, -0.2) is 36.4 Å². The van der Waals surface area contributed by atoms with Crippen molar-refractivity contribution in [1.29, 1.82) is 0 Å². The molecule has 0 saturated carbocycles. The van der Waals surface area contributed by atoms with Crippen molar-refractivity contribution in [2.75, 3.05) is 17.2 Å². The number of fused-ring (bicyclic) bond motifs is 1. The van der Waals surface area contributed by atoms with Gasteiger partial charge in [0.1, 0.15) is 11.8 Å². The van der Waals surface area contributed by atoms with Crippen LogP contribution < -0.4 is 26.0 Å². The Balaban J connectivity index is 1.63. The van der Waals surface area contributed by atoms with Crippen LogP contribution in [0.3, 0.4) is 0 Å². The van der Waals surface area contributed by atoms with Gasteiger partial charge >= 0.3 is 6.03 Å². The van der Waals surface area contributed by atoms with Gasteiger partial charge in [-0.2, -0.15) is 0 Å². The van der Waals surface area contributed by atoms with E-state index in [4.69, 9.17) is 4.74 Å². The molecule has 2 heterocycles. The van der Waals surface area contributed by atoms with Crippen LogP contribution in [0.25, 0.3) is 0 Å². The predicted octanol–water partition coefficient (Wildman–Crippen LogP) is -0.446. The topological polar surface area (TPSA) is 126 Å². The number of carbonyl (C=O) groups is 4. The number of rotatable bonds is 3. The van der Waals surface area contributed by atoms with Gasteiger partial charge in [0.25, 0.3) is 11.8 Å². The third-order valence-corrected chi connectivity index (χ3v) is 3.15. The maximum atomic E-state index is 11.9. The Bertz CT molecular complexity index is 687. The average Bonchev–Trinajstić information content (AvgIpc) is 2.77. The first kappa shape index (κ1) is 13.9. The minimum absolute atomic E-state index is 0.0846. The van der Waals surface area contributed by atoms with Gasteiger partial charge in [-0.1, -0.05) is 0 Å². The van der Waals surface area contributed by atoms with E-state index in [1.165, 1.54) is 0 Å². The molecule has 9 nitrogen and oxygen atoms in total. The summed E-state index contributed by atoms with van der Waals surface area (Å²) in [6.07, 6.45) is -0.174. The summed E-state index contributed by atoms with van der Waals surface area (Å²) >= 11 is 0. The molecule has 2 aliphatic rings. The summed E-state index contributed by atoms with van der Waals surface area (Å²) in [5, 5.41) is 9.63. The minimum atomic E-state index is -0.874. The smallest absolute Gasteiger partial charge is 0.322 e. The molecule has 1 fully saturated rings. The number of amides is 5. The molecule has 0 aliphatic carbocycles. The van der Waals surface area contributed by atoms with Crippen molar-refractivity contribution in [2.45, 2.75) is 12.5 Å². The molecule has 0 bridgehead atoms. The molecule has 1 saturated heterocycles. The van der Waals surface area contributed by atoms with Gasteiger partial charge in [-0.3, -0.25) is 19.7 Å². The summed E-state index contributed by atoms with van der Waals surface area (Å²) in [6, 6.07) is 3.28. The van der Waals surface area contributed by atoms with Crippen LogP contribution in [0.2, 0.25) is 0 Å². The number of ether oxygens (including phenoxy) is 1. The fourth-order valence-corrected chi connectivity index (χ4v) is 2.15. The Hall–Kier alpha value is -3.10. The molecular weight excluding hydrogens is 292 g/mol. The van der Waals surface area contributed by atoms with Crippen LogP contribution in [0.4, 0.5) is 16.2 Å². The van der Waals surface area contributed by atoms with E-state index in [2.05, 4.69) is 21.3 Å². The van der Waals surface area contributed by atoms with Gasteiger partial charge in [0.2, 0.25) is 5.91 Å². The molecule has 22 heavy (non-hydrogen) atoms. The van der Waals surface area contributed by atoms with Crippen LogP contribution >= 0.6 is 0 Å². The Labute approximate surface area is 124 Å². The summed E-state index contributed by atoms with van der Waals surface area (Å²) in [4.78, 5) is 45.4. The maximum Gasteiger partial charge on any atom is 0.322 e. The average molecular weight is 304 g/mol. The zero-order valence-electron chi connectivity index (χ0n) is 11.3. The summed E-state index contributed by atoms with van der Waals surface area (Å²) < 4.78 is 5.24. The number of urea groups is 1. The van der Waals surface area contributed by atoms with Gasteiger partial charge in [0.05, 0.1) is 12.1 Å². The van der Waals surface area contributed by atoms with Crippen molar-refractivity contribution >= 4 is 35.1 Å². The first-order chi connectivity index (χ1) is 10.5. The zero-order chi connectivity index (χ0) is 15.7. The van der Waals surface area contributed by atoms with Crippen molar-refractivity contribution in [3.8, 4) is 5.75 Å². The molecule has 114 valence electrons. The van der Waals surface area contributed by atoms with Crippen molar-refractivity contribution < 1.29 is 23.9 Å². The monoisotopic (exact) mass is 304 g/mol. The van der Waals surface area contributed by atoms with Crippen LogP contribution in [-0.2, 0) is 14.4 Å². The molecule has 1 aromatic carbocycles. The summed E-state index contributed by atoms with van der Waals surface area (Å²) in [6.45, 7) is -0.0846. The molecule has 0 spiro atoms. The third kappa shape index (κ3) is 2.82.